The number of benzene rings is 2. The summed E-state index contributed by atoms with van der Waals surface area (Å²) in [7, 11) is 1.59. The molecule has 5 aliphatic carbocycles. The van der Waals surface area contributed by atoms with Crippen LogP contribution in [0.1, 0.15) is 43.7 Å². The zero-order valence-electron chi connectivity index (χ0n) is 17.2. The third-order valence-electron chi connectivity index (χ3n) is 9.11. The van der Waals surface area contributed by atoms with Gasteiger partial charge in [-0.25, -0.2) is 0 Å². The number of hydrogen-bond acceptors (Lipinski definition) is 2. The van der Waals surface area contributed by atoms with Gasteiger partial charge in [0.25, 0.3) is 0 Å². The van der Waals surface area contributed by atoms with Crippen molar-refractivity contribution in [3.63, 3.8) is 0 Å². The van der Waals surface area contributed by atoms with E-state index in [2.05, 4.69) is 67.6 Å². The largest absolute Gasteiger partial charge is 0.468 e. The van der Waals surface area contributed by atoms with Crippen LogP contribution < -0.4 is 0 Å². The van der Waals surface area contributed by atoms with E-state index in [4.69, 9.17) is 4.74 Å². The van der Waals surface area contributed by atoms with E-state index in [9.17, 15) is 4.79 Å². The second kappa shape index (κ2) is 5.84. The number of hydrogen-bond donors (Lipinski definition) is 0. The average Bonchev–Trinajstić information content (AvgIpc) is 3.23. The normalized spacial score (nSPS) is 39.1. The summed E-state index contributed by atoms with van der Waals surface area (Å²) < 4.78 is 5.61. The van der Waals surface area contributed by atoms with E-state index in [1.807, 2.05) is 0 Å². The quantitative estimate of drug-likeness (QED) is 0.621. The molecule has 5 aliphatic rings. The van der Waals surface area contributed by atoms with E-state index in [1.165, 1.54) is 35.1 Å². The van der Waals surface area contributed by atoms with E-state index < -0.39 is 5.41 Å². The third-order valence-corrected chi connectivity index (χ3v) is 9.11. The van der Waals surface area contributed by atoms with Crippen LogP contribution >= 0.6 is 0 Å². The third kappa shape index (κ3) is 1.87. The summed E-state index contributed by atoms with van der Waals surface area (Å²) in [5.41, 5.74) is 4.87. The predicted molar refractivity (Wildman–Crippen MR) is 115 cm³/mol. The molecule has 0 aliphatic heterocycles. The van der Waals surface area contributed by atoms with Crippen LogP contribution in [0.15, 0.2) is 60.7 Å². The molecule has 29 heavy (non-hydrogen) atoms. The molecule has 0 saturated heterocycles. The first-order valence-electron chi connectivity index (χ1n) is 11.1. The monoisotopic (exact) mass is 384 g/mol. The van der Waals surface area contributed by atoms with Gasteiger partial charge in [-0.15, -0.1) is 0 Å². The van der Waals surface area contributed by atoms with Crippen molar-refractivity contribution in [1.82, 2.24) is 0 Å². The van der Waals surface area contributed by atoms with Gasteiger partial charge in [0.05, 0.1) is 12.5 Å². The van der Waals surface area contributed by atoms with Crippen molar-refractivity contribution in [2.24, 2.45) is 34.5 Å². The molecule has 0 radical (unpaired) electrons. The lowest BCUT2D eigenvalue weighted by Gasteiger charge is -2.62. The second-order valence-corrected chi connectivity index (χ2v) is 9.71. The summed E-state index contributed by atoms with van der Waals surface area (Å²) in [4.78, 5) is 13.7. The zero-order chi connectivity index (χ0) is 19.8. The first-order valence-corrected chi connectivity index (χ1v) is 11.1. The fourth-order valence-electron chi connectivity index (χ4n) is 8.44. The van der Waals surface area contributed by atoms with E-state index in [1.54, 1.807) is 7.11 Å². The van der Waals surface area contributed by atoms with Crippen LogP contribution in [0.3, 0.4) is 0 Å². The van der Waals surface area contributed by atoms with Gasteiger partial charge in [-0.2, -0.15) is 0 Å². The van der Waals surface area contributed by atoms with Crippen molar-refractivity contribution < 1.29 is 9.53 Å². The average molecular weight is 385 g/mol. The van der Waals surface area contributed by atoms with Gasteiger partial charge in [0.15, 0.2) is 0 Å². The van der Waals surface area contributed by atoms with E-state index in [0.717, 1.165) is 12.8 Å². The molecular formula is C27H28O2. The van der Waals surface area contributed by atoms with E-state index in [-0.39, 0.29) is 11.4 Å². The van der Waals surface area contributed by atoms with Gasteiger partial charge in [0, 0.05) is 0 Å². The number of carbonyl (C=O) groups is 1. The van der Waals surface area contributed by atoms with Crippen LogP contribution in [-0.4, -0.2) is 13.1 Å². The molecule has 0 heterocycles. The van der Waals surface area contributed by atoms with E-state index >= 15 is 0 Å². The number of methoxy groups -OCH3 is 1. The predicted octanol–water partition coefficient (Wildman–Crippen LogP) is 5.84. The molecule has 2 aromatic rings. The molecule has 3 saturated carbocycles. The Morgan fingerprint density at radius 2 is 1.21 bits per heavy atom. The lowest BCUT2D eigenvalue weighted by Crippen LogP contribution is -2.59. The van der Waals surface area contributed by atoms with Crippen LogP contribution in [0.5, 0.6) is 0 Å². The Hall–Kier alpha value is -2.35. The topological polar surface area (TPSA) is 26.3 Å². The van der Waals surface area contributed by atoms with Crippen molar-refractivity contribution in [2.75, 3.05) is 7.11 Å². The Kier molecular flexibility index (Phi) is 3.53. The maximum atomic E-state index is 13.7. The van der Waals surface area contributed by atoms with Crippen LogP contribution in [0.25, 0.3) is 11.1 Å². The summed E-state index contributed by atoms with van der Waals surface area (Å²) in [6.45, 7) is 2.52. The maximum absolute atomic E-state index is 13.7. The molecule has 0 aromatic heterocycles. The highest BCUT2D eigenvalue weighted by Crippen LogP contribution is 2.81. The molecule has 0 N–H and O–H groups in total. The Bertz CT molecular complexity index is 983. The van der Waals surface area contributed by atoms with Gasteiger partial charge in [-0.1, -0.05) is 67.6 Å². The minimum Gasteiger partial charge on any atom is -0.468 e. The lowest BCUT2D eigenvalue weighted by atomic mass is 9.40. The molecule has 2 nitrogen and oxygen atoms in total. The van der Waals surface area contributed by atoms with Gasteiger partial charge >= 0.3 is 5.97 Å². The molecule has 6 bridgehead atoms. The molecule has 7 rings (SSSR count). The number of allylic oxidation sites excluding steroid dienone is 1. The fourth-order valence-corrected chi connectivity index (χ4v) is 8.44. The Balaban J connectivity index is 1.77. The summed E-state index contributed by atoms with van der Waals surface area (Å²) in [6.07, 6.45) is 4.82. The van der Waals surface area contributed by atoms with Crippen LogP contribution in [0.2, 0.25) is 0 Å². The van der Waals surface area contributed by atoms with Crippen molar-refractivity contribution in [3.05, 3.63) is 71.8 Å². The maximum Gasteiger partial charge on any atom is 0.316 e. The Morgan fingerprint density at radius 1 is 0.759 bits per heavy atom. The first-order chi connectivity index (χ1) is 14.1. The first kappa shape index (κ1) is 17.5. The number of carbonyl (C=O) groups excluding carboxylic acids is 1. The SMILES string of the molecule is COC(=O)C12C(c3ccccc3)=C(c3ccccc3)C3(C)[C@H]4CC[C@H]3[C@@H]1CC[C@H]42. The van der Waals surface area contributed by atoms with Gasteiger partial charge in [0.2, 0.25) is 0 Å². The number of esters is 1. The fraction of sp³-hybridized carbons (Fsp3) is 0.444. The van der Waals surface area contributed by atoms with Crippen molar-refractivity contribution >= 4 is 17.1 Å². The van der Waals surface area contributed by atoms with E-state index in [0.29, 0.717) is 23.7 Å². The molecule has 6 atom stereocenters. The van der Waals surface area contributed by atoms with Crippen molar-refractivity contribution in [3.8, 4) is 0 Å². The second-order valence-electron chi connectivity index (χ2n) is 9.71. The summed E-state index contributed by atoms with van der Waals surface area (Å²) >= 11 is 0. The van der Waals surface area contributed by atoms with Crippen LogP contribution in [0.4, 0.5) is 0 Å². The molecule has 2 aromatic carbocycles. The smallest absolute Gasteiger partial charge is 0.316 e. The molecule has 2 heteroatoms. The number of rotatable bonds is 3. The summed E-state index contributed by atoms with van der Waals surface area (Å²) in [6, 6.07) is 21.5. The van der Waals surface area contributed by atoms with Crippen LogP contribution in [0, 0.1) is 34.5 Å². The highest BCUT2D eigenvalue weighted by atomic mass is 16.5. The summed E-state index contributed by atoms with van der Waals surface area (Å²) in [5, 5.41) is 0. The van der Waals surface area contributed by atoms with Crippen molar-refractivity contribution in [1.29, 1.82) is 0 Å². The van der Waals surface area contributed by atoms with Gasteiger partial charge in [0.1, 0.15) is 0 Å². The molecule has 3 fully saturated rings. The van der Waals surface area contributed by atoms with Gasteiger partial charge in [-0.3, -0.25) is 4.79 Å². The molecular weight excluding hydrogens is 356 g/mol. The summed E-state index contributed by atoms with van der Waals surface area (Å²) in [5.74, 6) is 1.98. The molecule has 148 valence electrons. The number of ether oxygens (including phenoxy) is 1. The lowest BCUT2D eigenvalue weighted by molar-refractivity contribution is -0.162. The van der Waals surface area contributed by atoms with Gasteiger partial charge in [-0.05, 0) is 77.0 Å². The van der Waals surface area contributed by atoms with Crippen LogP contribution in [-0.2, 0) is 9.53 Å². The minimum atomic E-state index is -0.481. The molecule has 0 spiro atoms. The van der Waals surface area contributed by atoms with Crippen molar-refractivity contribution in [2.45, 2.75) is 32.6 Å². The minimum absolute atomic E-state index is 0.0101. The molecule has 0 amide bonds. The Morgan fingerprint density at radius 3 is 1.69 bits per heavy atom. The standard InChI is InChI=1S/C27H28O2/c1-26-19-13-14-20(26)22-16-15-21(19)27(22,25(28)29-2)24(18-11-7-4-8-12-18)23(26)17-9-5-3-6-10-17/h3-12,19-22H,13-16H2,1-2H3/t19-,20-,21-,22+,26?,27?/m0/s1. The Labute approximate surface area is 173 Å². The highest BCUT2D eigenvalue weighted by molar-refractivity contribution is 6.08. The zero-order valence-corrected chi connectivity index (χ0v) is 17.2. The molecule has 2 unspecified atom stereocenters. The van der Waals surface area contributed by atoms with Gasteiger partial charge < -0.3 is 4.74 Å². The highest BCUT2D eigenvalue weighted by Gasteiger charge is 2.77.